The van der Waals surface area contributed by atoms with Crippen LogP contribution < -0.4 is 0 Å². The molecule has 0 amide bonds. The van der Waals surface area contributed by atoms with Crippen LogP contribution in [0.2, 0.25) is 0 Å². The Kier molecular flexibility index (Phi) is 1.91. The van der Waals surface area contributed by atoms with Crippen molar-refractivity contribution in [2.45, 2.75) is 43.9 Å². The summed E-state index contributed by atoms with van der Waals surface area (Å²) in [5.74, 6) is 3.11. The smallest absolute Gasteiger partial charge is 0.0454 e. The standard InChI is InChI=1S/C18H21N/c1-2-17-15(3-4-19-17)8-16(1)18-9-12-5-13(10-18)7-14(6-12)11-18/h1-4,8,12-14,19H,5-7,9-11H2. The van der Waals surface area contributed by atoms with Gasteiger partial charge >= 0.3 is 0 Å². The average molecular weight is 251 g/mol. The fourth-order valence-corrected chi connectivity index (χ4v) is 5.85. The second-order valence-electron chi connectivity index (χ2n) is 7.48. The first-order valence-corrected chi connectivity index (χ1v) is 7.88. The molecule has 0 aliphatic heterocycles. The van der Waals surface area contributed by atoms with E-state index in [1.54, 1.807) is 5.56 Å². The number of H-pyrrole nitrogens is 1. The Morgan fingerprint density at radius 2 is 1.58 bits per heavy atom. The Morgan fingerprint density at radius 3 is 2.26 bits per heavy atom. The van der Waals surface area contributed by atoms with Gasteiger partial charge in [0.25, 0.3) is 0 Å². The zero-order valence-corrected chi connectivity index (χ0v) is 11.4. The van der Waals surface area contributed by atoms with Crippen molar-refractivity contribution in [1.29, 1.82) is 0 Å². The second kappa shape index (κ2) is 3.45. The van der Waals surface area contributed by atoms with E-state index in [1.807, 2.05) is 0 Å². The van der Waals surface area contributed by atoms with Gasteiger partial charge in [0.1, 0.15) is 0 Å². The van der Waals surface area contributed by atoms with Crippen LogP contribution in [0.15, 0.2) is 30.5 Å². The van der Waals surface area contributed by atoms with E-state index >= 15 is 0 Å². The highest BCUT2D eigenvalue weighted by molar-refractivity contribution is 5.80. The van der Waals surface area contributed by atoms with Crippen molar-refractivity contribution >= 4 is 10.9 Å². The van der Waals surface area contributed by atoms with Gasteiger partial charge < -0.3 is 4.98 Å². The van der Waals surface area contributed by atoms with Gasteiger partial charge in [-0.3, -0.25) is 0 Å². The third kappa shape index (κ3) is 1.42. The van der Waals surface area contributed by atoms with E-state index in [9.17, 15) is 0 Å². The molecular formula is C18H21N. The summed E-state index contributed by atoms with van der Waals surface area (Å²) in [6.07, 6.45) is 11.1. The molecule has 4 bridgehead atoms. The van der Waals surface area contributed by atoms with E-state index in [0.29, 0.717) is 5.41 Å². The normalized spacial score (nSPS) is 40.1. The Labute approximate surface area is 114 Å². The first kappa shape index (κ1) is 10.5. The molecule has 1 aromatic carbocycles. The summed E-state index contributed by atoms with van der Waals surface area (Å²) < 4.78 is 0. The van der Waals surface area contributed by atoms with Crippen LogP contribution >= 0.6 is 0 Å². The van der Waals surface area contributed by atoms with Crippen LogP contribution in [0.5, 0.6) is 0 Å². The molecule has 1 nitrogen and oxygen atoms in total. The summed E-state index contributed by atoms with van der Waals surface area (Å²) in [4.78, 5) is 3.32. The Hall–Kier alpha value is -1.24. The van der Waals surface area contributed by atoms with Gasteiger partial charge in [0.2, 0.25) is 0 Å². The number of hydrogen-bond donors (Lipinski definition) is 1. The highest BCUT2D eigenvalue weighted by atomic mass is 14.7. The maximum absolute atomic E-state index is 3.32. The van der Waals surface area contributed by atoms with Crippen molar-refractivity contribution in [3.8, 4) is 0 Å². The molecule has 1 aromatic heterocycles. The first-order valence-electron chi connectivity index (χ1n) is 7.88. The minimum atomic E-state index is 0.542. The molecule has 4 aliphatic carbocycles. The van der Waals surface area contributed by atoms with Gasteiger partial charge in [-0.1, -0.05) is 6.07 Å². The zero-order chi connectivity index (χ0) is 12.4. The van der Waals surface area contributed by atoms with Crippen LogP contribution in [-0.4, -0.2) is 4.98 Å². The third-order valence-corrected chi connectivity index (χ3v) is 6.20. The van der Waals surface area contributed by atoms with E-state index < -0.39 is 0 Å². The molecular weight excluding hydrogens is 230 g/mol. The second-order valence-corrected chi connectivity index (χ2v) is 7.48. The predicted octanol–water partition coefficient (Wildman–Crippen LogP) is 4.64. The van der Waals surface area contributed by atoms with E-state index in [2.05, 4.69) is 35.4 Å². The van der Waals surface area contributed by atoms with Crippen molar-refractivity contribution < 1.29 is 0 Å². The summed E-state index contributed by atoms with van der Waals surface area (Å²) in [5, 5.41) is 1.40. The molecule has 4 aliphatic rings. The van der Waals surface area contributed by atoms with Crippen molar-refractivity contribution in [1.82, 2.24) is 4.98 Å². The number of aromatic amines is 1. The highest BCUT2D eigenvalue weighted by Gasteiger charge is 2.51. The maximum atomic E-state index is 3.32. The van der Waals surface area contributed by atoms with Gasteiger partial charge in [-0.05, 0) is 90.8 Å². The van der Waals surface area contributed by atoms with E-state index in [4.69, 9.17) is 0 Å². The maximum Gasteiger partial charge on any atom is 0.0454 e. The van der Waals surface area contributed by atoms with Crippen molar-refractivity contribution in [3.05, 3.63) is 36.0 Å². The first-order chi connectivity index (χ1) is 9.31. The van der Waals surface area contributed by atoms with Gasteiger partial charge in [0, 0.05) is 11.7 Å². The molecule has 0 atom stereocenters. The number of nitrogens with one attached hydrogen (secondary N) is 1. The minimum absolute atomic E-state index is 0.542. The lowest BCUT2D eigenvalue weighted by Crippen LogP contribution is -2.48. The average Bonchev–Trinajstić information content (AvgIpc) is 2.84. The van der Waals surface area contributed by atoms with Gasteiger partial charge in [-0.2, -0.15) is 0 Å². The SMILES string of the molecule is c1cc2cc(C34CC5CC(CC(C5)C3)C4)ccc2[nH]1. The fraction of sp³-hybridized carbons (Fsp3) is 0.556. The Balaban J connectivity index is 1.64. The molecule has 0 spiro atoms. The number of hydrogen-bond acceptors (Lipinski definition) is 0. The van der Waals surface area contributed by atoms with Gasteiger partial charge in [0.05, 0.1) is 0 Å². The topological polar surface area (TPSA) is 15.8 Å². The molecule has 0 saturated heterocycles. The van der Waals surface area contributed by atoms with Crippen LogP contribution in [0.3, 0.4) is 0 Å². The summed E-state index contributed by atoms with van der Waals surface area (Å²) in [6, 6.07) is 9.40. The number of fused-ring (bicyclic) bond motifs is 1. The fourth-order valence-electron chi connectivity index (χ4n) is 5.85. The zero-order valence-electron chi connectivity index (χ0n) is 11.4. The lowest BCUT2D eigenvalue weighted by Gasteiger charge is -2.57. The molecule has 1 N–H and O–H groups in total. The number of rotatable bonds is 1. The van der Waals surface area contributed by atoms with E-state index in [0.717, 1.165) is 17.8 Å². The van der Waals surface area contributed by atoms with Gasteiger partial charge in [-0.25, -0.2) is 0 Å². The molecule has 4 fully saturated rings. The van der Waals surface area contributed by atoms with Crippen molar-refractivity contribution in [2.75, 3.05) is 0 Å². The molecule has 4 saturated carbocycles. The summed E-state index contributed by atoms with van der Waals surface area (Å²) in [6.45, 7) is 0. The Bertz CT molecular complexity index is 601. The Morgan fingerprint density at radius 1 is 0.895 bits per heavy atom. The molecule has 6 rings (SSSR count). The molecule has 1 heteroatoms. The number of benzene rings is 1. The molecule has 19 heavy (non-hydrogen) atoms. The summed E-state index contributed by atoms with van der Waals surface area (Å²) in [7, 11) is 0. The van der Waals surface area contributed by atoms with E-state index in [-0.39, 0.29) is 0 Å². The van der Waals surface area contributed by atoms with Crippen molar-refractivity contribution in [2.24, 2.45) is 17.8 Å². The molecule has 0 unspecified atom stereocenters. The van der Waals surface area contributed by atoms with Crippen LogP contribution in [-0.2, 0) is 5.41 Å². The van der Waals surface area contributed by atoms with Crippen LogP contribution in [0, 0.1) is 17.8 Å². The van der Waals surface area contributed by atoms with Crippen LogP contribution in [0.25, 0.3) is 10.9 Å². The van der Waals surface area contributed by atoms with E-state index in [1.165, 1.54) is 49.4 Å². The van der Waals surface area contributed by atoms with Crippen molar-refractivity contribution in [3.63, 3.8) is 0 Å². The minimum Gasteiger partial charge on any atom is -0.361 e. The third-order valence-electron chi connectivity index (χ3n) is 6.20. The molecule has 1 heterocycles. The van der Waals surface area contributed by atoms with Crippen LogP contribution in [0.4, 0.5) is 0 Å². The molecule has 0 radical (unpaired) electrons. The van der Waals surface area contributed by atoms with Crippen LogP contribution in [0.1, 0.15) is 44.1 Å². The quantitative estimate of drug-likeness (QED) is 0.760. The lowest BCUT2D eigenvalue weighted by molar-refractivity contribution is -0.00512. The summed E-state index contributed by atoms with van der Waals surface area (Å²) in [5.41, 5.74) is 3.47. The molecule has 2 aromatic rings. The monoisotopic (exact) mass is 251 g/mol. The lowest BCUT2D eigenvalue weighted by atomic mass is 9.48. The summed E-state index contributed by atoms with van der Waals surface area (Å²) >= 11 is 0. The largest absolute Gasteiger partial charge is 0.361 e. The predicted molar refractivity (Wildman–Crippen MR) is 78.1 cm³/mol. The van der Waals surface area contributed by atoms with Gasteiger partial charge in [0.15, 0.2) is 0 Å². The number of aromatic nitrogens is 1. The molecule has 98 valence electrons. The highest BCUT2D eigenvalue weighted by Crippen LogP contribution is 2.60. The van der Waals surface area contributed by atoms with Gasteiger partial charge in [-0.15, -0.1) is 0 Å².